The Balaban J connectivity index is 0.00000169. The molecule has 1 aromatic carbocycles. The molecule has 0 heterocycles. The highest BCUT2D eigenvalue weighted by molar-refractivity contribution is 6.34. The maximum absolute atomic E-state index is 11.7. The first-order chi connectivity index (χ1) is 5.90. The molecule has 0 fully saturated rings. The molecule has 7 heteroatoms. The average molecular weight is 248 g/mol. The lowest BCUT2D eigenvalue weighted by atomic mass is 10.3. The van der Waals surface area contributed by atoms with Gasteiger partial charge in [-0.2, -0.15) is 0 Å². The zero-order valence-corrected chi connectivity index (χ0v) is 8.21. The number of nitrogens with two attached hydrogens (primary N) is 1. The number of benzene rings is 1. The Kier molecular flexibility index (Phi) is 4.35. The molecule has 0 amide bonds. The fraction of sp³-hybridized carbons (Fsp3) is 0.143. The van der Waals surface area contributed by atoms with E-state index >= 15 is 0 Å². The topological polar surface area (TPSA) is 35.2 Å². The SMILES string of the molecule is Cl.Nc1cccc(OC(F)(F)F)c1Cl. The molecule has 1 rings (SSSR count). The van der Waals surface area contributed by atoms with Crippen molar-refractivity contribution in [2.45, 2.75) is 6.36 Å². The third-order valence-corrected chi connectivity index (χ3v) is 1.62. The van der Waals surface area contributed by atoms with Crippen molar-refractivity contribution in [3.05, 3.63) is 23.2 Å². The van der Waals surface area contributed by atoms with E-state index in [-0.39, 0.29) is 23.1 Å². The van der Waals surface area contributed by atoms with Gasteiger partial charge in [0.2, 0.25) is 0 Å². The smallest absolute Gasteiger partial charge is 0.404 e. The Morgan fingerprint density at radius 3 is 2.36 bits per heavy atom. The van der Waals surface area contributed by atoms with Gasteiger partial charge in [0.05, 0.1) is 5.69 Å². The molecule has 0 radical (unpaired) electrons. The van der Waals surface area contributed by atoms with Gasteiger partial charge in [0, 0.05) is 0 Å². The van der Waals surface area contributed by atoms with Crippen LogP contribution in [-0.4, -0.2) is 6.36 Å². The second-order valence-corrected chi connectivity index (χ2v) is 2.59. The highest BCUT2D eigenvalue weighted by Gasteiger charge is 2.32. The summed E-state index contributed by atoms with van der Waals surface area (Å²) in [5, 5.41) is -0.236. The van der Waals surface area contributed by atoms with Crippen LogP contribution in [0.15, 0.2) is 18.2 Å². The van der Waals surface area contributed by atoms with E-state index in [0.717, 1.165) is 6.07 Å². The van der Waals surface area contributed by atoms with E-state index in [9.17, 15) is 13.2 Å². The summed E-state index contributed by atoms with van der Waals surface area (Å²) in [5.41, 5.74) is 5.31. The van der Waals surface area contributed by atoms with Crippen LogP contribution < -0.4 is 10.5 Å². The summed E-state index contributed by atoms with van der Waals surface area (Å²) in [7, 11) is 0. The van der Waals surface area contributed by atoms with Crippen molar-refractivity contribution >= 4 is 29.7 Å². The predicted octanol–water partition coefficient (Wildman–Crippen LogP) is 3.24. The lowest BCUT2D eigenvalue weighted by molar-refractivity contribution is -0.274. The van der Waals surface area contributed by atoms with E-state index in [0.29, 0.717) is 0 Å². The van der Waals surface area contributed by atoms with Crippen molar-refractivity contribution in [2.75, 3.05) is 5.73 Å². The van der Waals surface area contributed by atoms with Gasteiger partial charge in [-0.3, -0.25) is 0 Å². The Morgan fingerprint density at radius 2 is 1.86 bits per heavy atom. The molecule has 1 aromatic rings. The lowest BCUT2D eigenvalue weighted by Gasteiger charge is -2.10. The number of hydrogen-bond donors (Lipinski definition) is 1. The molecule has 2 N–H and O–H groups in total. The summed E-state index contributed by atoms with van der Waals surface area (Å²) in [6, 6.07) is 3.79. The number of nitrogen functional groups attached to an aromatic ring is 1. The first-order valence-electron chi connectivity index (χ1n) is 3.20. The number of ether oxygens (including phenoxy) is 1. The third kappa shape index (κ3) is 3.51. The summed E-state index contributed by atoms with van der Waals surface area (Å²) in [5.74, 6) is -0.492. The zero-order valence-electron chi connectivity index (χ0n) is 6.64. The van der Waals surface area contributed by atoms with Gasteiger partial charge in [-0.15, -0.1) is 25.6 Å². The molecular formula is C7H6Cl2F3NO. The van der Waals surface area contributed by atoms with Gasteiger partial charge in [0.15, 0.2) is 0 Å². The number of rotatable bonds is 1. The van der Waals surface area contributed by atoms with Crippen LogP contribution in [0.3, 0.4) is 0 Å². The van der Waals surface area contributed by atoms with Gasteiger partial charge in [0.1, 0.15) is 10.8 Å². The number of halogens is 5. The summed E-state index contributed by atoms with van der Waals surface area (Å²) in [4.78, 5) is 0. The first-order valence-corrected chi connectivity index (χ1v) is 3.57. The second-order valence-electron chi connectivity index (χ2n) is 2.21. The molecule has 0 aliphatic heterocycles. The van der Waals surface area contributed by atoms with E-state index in [1.54, 1.807) is 0 Å². The average Bonchev–Trinajstić information content (AvgIpc) is 1.96. The van der Waals surface area contributed by atoms with Crippen molar-refractivity contribution in [2.24, 2.45) is 0 Å². The van der Waals surface area contributed by atoms with Gasteiger partial charge in [0.25, 0.3) is 0 Å². The minimum Gasteiger partial charge on any atom is -0.404 e. The van der Waals surface area contributed by atoms with Gasteiger partial charge >= 0.3 is 6.36 Å². The Bertz CT molecular complexity index is 316. The quantitative estimate of drug-likeness (QED) is 0.774. The Hall–Kier alpha value is -0.810. The maximum atomic E-state index is 11.7. The molecule has 0 unspecified atom stereocenters. The van der Waals surface area contributed by atoms with Crippen molar-refractivity contribution in [1.29, 1.82) is 0 Å². The van der Waals surface area contributed by atoms with Crippen LogP contribution in [-0.2, 0) is 0 Å². The fourth-order valence-electron chi connectivity index (χ4n) is 0.731. The molecule has 0 bridgehead atoms. The number of anilines is 1. The van der Waals surface area contributed by atoms with Crippen LogP contribution in [0.4, 0.5) is 18.9 Å². The zero-order chi connectivity index (χ0) is 10.1. The van der Waals surface area contributed by atoms with Gasteiger partial charge in [-0.25, -0.2) is 0 Å². The standard InChI is InChI=1S/C7H5ClF3NO.ClH/c8-6-4(12)2-1-3-5(6)13-7(9,10)11;/h1-3H,12H2;1H. The van der Waals surface area contributed by atoms with Crippen molar-refractivity contribution in [1.82, 2.24) is 0 Å². The maximum Gasteiger partial charge on any atom is 0.573 e. The van der Waals surface area contributed by atoms with Crippen molar-refractivity contribution < 1.29 is 17.9 Å². The summed E-state index contributed by atoms with van der Waals surface area (Å²) < 4.78 is 38.8. The van der Waals surface area contributed by atoms with E-state index in [2.05, 4.69) is 4.74 Å². The van der Waals surface area contributed by atoms with Gasteiger partial charge < -0.3 is 10.5 Å². The van der Waals surface area contributed by atoms with Crippen LogP contribution in [0, 0.1) is 0 Å². The molecule has 80 valence electrons. The van der Waals surface area contributed by atoms with Crippen LogP contribution in [0.2, 0.25) is 5.02 Å². The molecule has 0 aliphatic rings. The Labute approximate surface area is 89.2 Å². The second kappa shape index (κ2) is 4.61. The molecule has 0 saturated heterocycles. The van der Waals surface area contributed by atoms with Crippen LogP contribution in [0.5, 0.6) is 5.75 Å². The largest absolute Gasteiger partial charge is 0.573 e. The van der Waals surface area contributed by atoms with Crippen molar-refractivity contribution in [3.63, 3.8) is 0 Å². The number of hydrogen-bond acceptors (Lipinski definition) is 2. The first kappa shape index (κ1) is 13.2. The summed E-state index contributed by atoms with van der Waals surface area (Å²) in [6.07, 6.45) is -4.75. The predicted molar refractivity (Wildman–Crippen MR) is 49.8 cm³/mol. The monoisotopic (exact) mass is 247 g/mol. The minimum atomic E-state index is -4.75. The molecule has 0 spiro atoms. The Morgan fingerprint density at radius 1 is 1.29 bits per heavy atom. The molecular weight excluding hydrogens is 242 g/mol. The molecule has 0 saturated carbocycles. The van der Waals surface area contributed by atoms with Crippen LogP contribution in [0.1, 0.15) is 0 Å². The summed E-state index contributed by atoms with van der Waals surface area (Å²) in [6.45, 7) is 0. The molecule has 0 atom stereocenters. The highest BCUT2D eigenvalue weighted by Crippen LogP contribution is 2.33. The van der Waals surface area contributed by atoms with Crippen LogP contribution in [0.25, 0.3) is 0 Å². The molecule has 0 aromatic heterocycles. The normalized spacial score (nSPS) is 10.6. The minimum absolute atomic E-state index is 0. The van der Waals surface area contributed by atoms with Gasteiger partial charge in [-0.05, 0) is 12.1 Å². The molecule has 2 nitrogen and oxygen atoms in total. The van der Waals surface area contributed by atoms with Crippen LogP contribution >= 0.6 is 24.0 Å². The lowest BCUT2D eigenvalue weighted by Crippen LogP contribution is -2.17. The molecule has 0 aliphatic carbocycles. The molecule has 14 heavy (non-hydrogen) atoms. The van der Waals surface area contributed by atoms with Gasteiger partial charge in [-0.1, -0.05) is 17.7 Å². The fourth-order valence-corrected chi connectivity index (χ4v) is 0.896. The van der Waals surface area contributed by atoms with E-state index < -0.39 is 12.1 Å². The van der Waals surface area contributed by atoms with E-state index in [1.165, 1.54) is 12.1 Å². The highest BCUT2D eigenvalue weighted by atomic mass is 35.5. The third-order valence-electron chi connectivity index (χ3n) is 1.22. The number of alkyl halides is 3. The summed E-state index contributed by atoms with van der Waals surface area (Å²) >= 11 is 5.45. The van der Waals surface area contributed by atoms with E-state index in [4.69, 9.17) is 17.3 Å². The van der Waals surface area contributed by atoms with E-state index in [1.807, 2.05) is 0 Å². The van der Waals surface area contributed by atoms with Crippen molar-refractivity contribution in [3.8, 4) is 5.75 Å².